The molecule has 0 aromatic heterocycles. The minimum absolute atomic E-state index is 0. The Morgan fingerprint density at radius 1 is 0.657 bits per heavy atom. The van der Waals surface area contributed by atoms with Gasteiger partial charge in [0.2, 0.25) is 0 Å². The van der Waals surface area contributed by atoms with E-state index in [9.17, 15) is 10.2 Å². The van der Waals surface area contributed by atoms with E-state index in [0.717, 1.165) is 0 Å². The molecule has 0 aliphatic carbocycles. The van der Waals surface area contributed by atoms with Crippen LogP contribution in [0.5, 0.6) is 0 Å². The molecule has 0 saturated heterocycles. The van der Waals surface area contributed by atoms with Crippen molar-refractivity contribution in [3.05, 3.63) is 55.5 Å². The van der Waals surface area contributed by atoms with Crippen LogP contribution >= 0.6 is 58.8 Å². The first kappa shape index (κ1) is 34.3. The summed E-state index contributed by atoms with van der Waals surface area (Å²) in [6.45, 7) is 13.0. The predicted molar refractivity (Wildman–Crippen MR) is 154 cm³/mol. The highest BCUT2D eigenvalue weighted by molar-refractivity contribution is 6.39. The van der Waals surface area contributed by atoms with E-state index < -0.39 is 12.2 Å². The van der Waals surface area contributed by atoms with E-state index in [0.29, 0.717) is 55.7 Å². The number of rotatable bonds is 6. The summed E-state index contributed by atoms with van der Waals surface area (Å²) in [4.78, 5) is 0. The summed E-state index contributed by atoms with van der Waals surface area (Å²) in [5.74, 6) is 0. The molecule has 0 aliphatic heterocycles. The second-order valence-electron chi connectivity index (χ2n) is 10.1. The van der Waals surface area contributed by atoms with Crippen LogP contribution in [0.2, 0.25) is 20.1 Å². The molecule has 0 saturated carbocycles. The van der Waals surface area contributed by atoms with E-state index in [1.165, 1.54) is 0 Å². The molecule has 0 heterocycles. The smallest absolute Gasteiger partial charge is 0.0915 e. The van der Waals surface area contributed by atoms with Crippen molar-refractivity contribution >= 4 is 70.2 Å². The summed E-state index contributed by atoms with van der Waals surface area (Å²) in [5.41, 5.74) is 13.2. The van der Waals surface area contributed by atoms with Gasteiger partial charge in [0, 0.05) is 24.2 Å². The highest BCUT2D eigenvalue weighted by atomic mass is 35.5. The summed E-state index contributed by atoms with van der Waals surface area (Å²) in [7, 11) is 0. The van der Waals surface area contributed by atoms with Crippen LogP contribution < -0.4 is 22.1 Å². The lowest BCUT2D eigenvalue weighted by Crippen LogP contribution is -2.38. The molecule has 2 atom stereocenters. The van der Waals surface area contributed by atoms with Gasteiger partial charge >= 0.3 is 0 Å². The van der Waals surface area contributed by atoms with Gasteiger partial charge in [-0.1, -0.05) is 46.4 Å². The number of hydrogen-bond acceptors (Lipinski definition) is 6. The van der Waals surface area contributed by atoms with Gasteiger partial charge in [-0.15, -0.1) is 12.4 Å². The maximum absolute atomic E-state index is 10.0. The highest BCUT2D eigenvalue weighted by Gasteiger charge is 2.17. The molecule has 2 aromatic rings. The Morgan fingerprint density at radius 2 is 0.886 bits per heavy atom. The number of β-amino-alcohol motifs (C(OH)–C–C–N with tert-alkyl or cyclic N) is 2. The number of hydrogen-bond donors (Lipinski definition) is 6. The van der Waals surface area contributed by atoms with Crippen LogP contribution in [-0.4, -0.2) is 34.4 Å². The monoisotopic (exact) mass is 588 g/mol. The van der Waals surface area contributed by atoms with E-state index in [-0.39, 0.29) is 23.5 Å². The fraction of sp³-hybridized carbons (Fsp3) is 0.500. The van der Waals surface area contributed by atoms with Gasteiger partial charge in [-0.05, 0) is 76.9 Å². The average molecular weight is 591 g/mol. The first-order valence-corrected chi connectivity index (χ1v) is 12.3. The SMILES string of the molecule is CC(C)(C)NC[C@H](O)c1cc(Cl)c(N)c(Cl)c1.CC(C)(C)NC[C@H](O)c1cc(Cl)c(N)c(Cl)c1.Cl. The minimum Gasteiger partial charge on any atom is -0.396 e. The summed E-state index contributed by atoms with van der Waals surface area (Å²) in [6.07, 6.45) is -1.32. The standard InChI is InChI=1S/2C12H18Cl2N2O.ClH/c2*1-12(2,3)16-6-10(17)7-4-8(13)11(15)9(14)5-7;/h2*4-5,10,16-17H,6,15H2,1-3H3;1H/t2*10-;/m00./s1. The fourth-order valence-electron chi connectivity index (χ4n) is 2.63. The van der Waals surface area contributed by atoms with Gasteiger partial charge in [0.1, 0.15) is 0 Å². The lowest BCUT2D eigenvalue weighted by atomic mass is 10.1. The van der Waals surface area contributed by atoms with Gasteiger partial charge in [-0.25, -0.2) is 0 Å². The molecular formula is C24H37Cl5N4O2. The topological polar surface area (TPSA) is 117 Å². The molecule has 200 valence electrons. The van der Waals surface area contributed by atoms with Crippen molar-refractivity contribution in [3.8, 4) is 0 Å². The summed E-state index contributed by atoms with van der Waals surface area (Å²) >= 11 is 23.6. The van der Waals surface area contributed by atoms with Gasteiger partial charge in [0.25, 0.3) is 0 Å². The zero-order valence-electron chi connectivity index (χ0n) is 20.8. The van der Waals surface area contributed by atoms with E-state index in [1.807, 2.05) is 41.5 Å². The number of benzene rings is 2. The number of nitrogen functional groups attached to an aromatic ring is 2. The second-order valence-corrected chi connectivity index (χ2v) is 11.7. The van der Waals surface area contributed by atoms with Crippen LogP contribution in [0.15, 0.2) is 24.3 Å². The molecule has 2 aromatic carbocycles. The zero-order valence-corrected chi connectivity index (χ0v) is 24.7. The molecule has 11 heteroatoms. The van der Waals surface area contributed by atoms with Gasteiger partial charge in [0.15, 0.2) is 0 Å². The largest absolute Gasteiger partial charge is 0.396 e. The van der Waals surface area contributed by atoms with Crippen LogP contribution in [0.1, 0.15) is 64.9 Å². The summed E-state index contributed by atoms with van der Waals surface area (Å²) < 4.78 is 0. The molecule has 0 fully saturated rings. The van der Waals surface area contributed by atoms with E-state index >= 15 is 0 Å². The van der Waals surface area contributed by atoms with Crippen molar-refractivity contribution in [2.75, 3.05) is 24.6 Å². The minimum atomic E-state index is -0.662. The Kier molecular flexibility index (Phi) is 14.0. The Balaban J connectivity index is 0.000000642. The van der Waals surface area contributed by atoms with Crippen molar-refractivity contribution < 1.29 is 10.2 Å². The number of nitrogens with one attached hydrogen (secondary N) is 2. The third-order valence-corrected chi connectivity index (χ3v) is 5.87. The first-order chi connectivity index (χ1) is 15.4. The molecular weight excluding hydrogens is 554 g/mol. The molecule has 2 rings (SSSR count). The third-order valence-electron chi connectivity index (χ3n) is 4.62. The lowest BCUT2D eigenvalue weighted by molar-refractivity contribution is 0.163. The highest BCUT2D eigenvalue weighted by Crippen LogP contribution is 2.32. The molecule has 0 amide bonds. The fourth-order valence-corrected chi connectivity index (χ4v) is 3.64. The molecule has 8 N–H and O–H groups in total. The number of aliphatic hydroxyl groups excluding tert-OH is 2. The molecule has 0 unspecified atom stereocenters. The van der Waals surface area contributed by atoms with E-state index in [1.54, 1.807) is 24.3 Å². The second kappa shape index (κ2) is 14.3. The Labute approximate surface area is 235 Å². The van der Waals surface area contributed by atoms with Crippen LogP contribution in [-0.2, 0) is 0 Å². The van der Waals surface area contributed by atoms with Crippen molar-refractivity contribution in [2.45, 2.75) is 64.8 Å². The lowest BCUT2D eigenvalue weighted by Gasteiger charge is -2.23. The quantitative estimate of drug-likeness (QED) is 0.216. The summed E-state index contributed by atoms with van der Waals surface area (Å²) in [5, 5.41) is 27.9. The van der Waals surface area contributed by atoms with Gasteiger partial charge in [0.05, 0.1) is 43.7 Å². The van der Waals surface area contributed by atoms with Gasteiger partial charge in [-0.3, -0.25) is 0 Å². The predicted octanol–water partition coefficient (Wildman–Crippen LogP) is 6.42. The van der Waals surface area contributed by atoms with Gasteiger partial charge < -0.3 is 32.3 Å². The van der Waals surface area contributed by atoms with Gasteiger partial charge in [-0.2, -0.15) is 0 Å². The maximum atomic E-state index is 10.0. The van der Waals surface area contributed by atoms with Crippen LogP contribution in [0.3, 0.4) is 0 Å². The Hall–Kier alpha value is -0.670. The van der Waals surface area contributed by atoms with E-state index in [4.69, 9.17) is 57.9 Å². The first-order valence-electron chi connectivity index (χ1n) is 10.8. The van der Waals surface area contributed by atoms with Crippen LogP contribution in [0, 0.1) is 0 Å². The third kappa shape index (κ3) is 12.4. The van der Waals surface area contributed by atoms with Crippen molar-refractivity contribution in [1.29, 1.82) is 0 Å². The molecule has 0 radical (unpaired) electrons. The normalized spacial score (nSPS) is 13.4. The number of nitrogens with two attached hydrogens (primary N) is 2. The number of aliphatic hydroxyl groups is 2. The molecule has 0 bridgehead atoms. The van der Waals surface area contributed by atoms with Crippen molar-refractivity contribution in [2.24, 2.45) is 0 Å². The molecule has 6 nitrogen and oxygen atoms in total. The van der Waals surface area contributed by atoms with Crippen LogP contribution in [0.4, 0.5) is 11.4 Å². The molecule has 35 heavy (non-hydrogen) atoms. The maximum Gasteiger partial charge on any atom is 0.0915 e. The average Bonchev–Trinajstić information content (AvgIpc) is 2.71. The van der Waals surface area contributed by atoms with Crippen molar-refractivity contribution in [1.82, 2.24) is 10.6 Å². The van der Waals surface area contributed by atoms with Crippen molar-refractivity contribution in [3.63, 3.8) is 0 Å². The molecule has 0 spiro atoms. The zero-order chi connectivity index (χ0) is 26.4. The number of anilines is 2. The Morgan fingerprint density at radius 3 is 1.09 bits per heavy atom. The van der Waals surface area contributed by atoms with E-state index in [2.05, 4.69) is 10.6 Å². The summed E-state index contributed by atoms with van der Waals surface area (Å²) in [6, 6.07) is 6.55. The Bertz CT molecular complexity index is 838. The number of halogens is 5. The van der Waals surface area contributed by atoms with Crippen LogP contribution in [0.25, 0.3) is 0 Å². The molecule has 0 aliphatic rings.